The molecule has 1 aliphatic heterocycles. The summed E-state index contributed by atoms with van der Waals surface area (Å²) >= 11 is 0. The monoisotopic (exact) mass is 354 g/mol. The van der Waals surface area contributed by atoms with Crippen molar-refractivity contribution in [1.82, 2.24) is 10.2 Å². The van der Waals surface area contributed by atoms with Crippen LogP contribution in [0.4, 0.5) is 0 Å². The highest BCUT2D eigenvalue weighted by Crippen LogP contribution is 2.16. The Morgan fingerprint density at radius 1 is 1.29 bits per heavy atom. The van der Waals surface area contributed by atoms with Crippen LogP contribution in [0.2, 0.25) is 0 Å². The van der Waals surface area contributed by atoms with E-state index in [1.807, 2.05) is 19.1 Å². The Kier molecular flexibility index (Phi) is 5.82. The molecular formula is C16H22N2O5S. The van der Waals surface area contributed by atoms with Gasteiger partial charge in [-0.2, -0.15) is 0 Å². The number of sulfone groups is 1. The molecule has 1 atom stereocenters. The van der Waals surface area contributed by atoms with Crippen molar-refractivity contribution in [3.05, 3.63) is 29.8 Å². The van der Waals surface area contributed by atoms with Crippen molar-refractivity contribution in [3.63, 3.8) is 0 Å². The number of carbonyl (C=O) groups is 2. The Balaban J connectivity index is 1.72. The maximum absolute atomic E-state index is 12.0. The molecule has 8 heteroatoms. The molecule has 0 aromatic heterocycles. The van der Waals surface area contributed by atoms with Crippen molar-refractivity contribution in [1.29, 1.82) is 0 Å². The smallest absolute Gasteiger partial charge is 0.258 e. The molecule has 1 N–H and O–H groups in total. The number of aryl methyl sites for hydroxylation is 1. The van der Waals surface area contributed by atoms with E-state index in [1.165, 1.54) is 4.90 Å². The lowest BCUT2D eigenvalue weighted by Crippen LogP contribution is -2.44. The Morgan fingerprint density at radius 3 is 2.54 bits per heavy atom. The van der Waals surface area contributed by atoms with Crippen LogP contribution in [0.5, 0.6) is 5.75 Å². The number of rotatable bonds is 6. The van der Waals surface area contributed by atoms with Gasteiger partial charge >= 0.3 is 0 Å². The fraction of sp³-hybridized carbons (Fsp3) is 0.500. The van der Waals surface area contributed by atoms with Crippen LogP contribution >= 0.6 is 0 Å². The number of ether oxygens (including phenoxy) is 1. The first kappa shape index (κ1) is 18.3. The van der Waals surface area contributed by atoms with Crippen LogP contribution in [0, 0.1) is 6.92 Å². The summed E-state index contributed by atoms with van der Waals surface area (Å²) in [6, 6.07) is 6.97. The molecule has 0 radical (unpaired) electrons. The van der Waals surface area contributed by atoms with Crippen molar-refractivity contribution in [2.45, 2.75) is 19.4 Å². The molecule has 1 unspecified atom stereocenters. The van der Waals surface area contributed by atoms with E-state index < -0.39 is 15.7 Å². The number of amides is 2. The zero-order valence-electron chi connectivity index (χ0n) is 13.8. The molecule has 0 saturated carbocycles. The highest BCUT2D eigenvalue weighted by molar-refractivity contribution is 7.91. The zero-order valence-corrected chi connectivity index (χ0v) is 14.6. The lowest BCUT2D eigenvalue weighted by atomic mass is 10.2. The standard InChI is InChI=1S/C16H22N2O5S/c1-12-3-5-14(6-4-12)23-10-15(19)17-9-16(20)18(2)13-7-8-24(21,22)11-13/h3-6,13H,7-11H2,1-2H3,(H,17,19). The summed E-state index contributed by atoms with van der Waals surface area (Å²) in [5.41, 5.74) is 1.09. The van der Waals surface area contributed by atoms with Gasteiger partial charge in [0.2, 0.25) is 5.91 Å². The summed E-state index contributed by atoms with van der Waals surface area (Å²) in [4.78, 5) is 25.2. The number of hydrogen-bond donors (Lipinski definition) is 1. The van der Waals surface area contributed by atoms with Gasteiger partial charge in [0.15, 0.2) is 16.4 Å². The molecule has 7 nitrogen and oxygen atoms in total. The first-order chi connectivity index (χ1) is 11.3. The molecular weight excluding hydrogens is 332 g/mol. The van der Waals surface area contributed by atoms with Crippen LogP contribution in [0.25, 0.3) is 0 Å². The lowest BCUT2D eigenvalue weighted by Gasteiger charge is -2.23. The van der Waals surface area contributed by atoms with Gasteiger partial charge in [-0.05, 0) is 25.5 Å². The number of nitrogens with one attached hydrogen (secondary N) is 1. The number of benzene rings is 1. The molecule has 132 valence electrons. The minimum atomic E-state index is -3.05. The summed E-state index contributed by atoms with van der Waals surface area (Å²) in [5.74, 6) is -0.0568. The highest BCUT2D eigenvalue weighted by atomic mass is 32.2. The average Bonchev–Trinajstić information content (AvgIpc) is 2.91. The molecule has 1 aliphatic rings. The molecule has 1 saturated heterocycles. The number of likely N-dealkylation sites (N-methyl/N-ethyl adjacent to an activating group) is 1. The fourth-order valence-corrected chi connectivity index (χ4v) is 4.19. The second-order valence-corrected chi connectivity index (χ2v) is 8.17. The van der Waals surface area contributed by atoms with Crippen molar-refractivity contribution < 1.29 is 22.7 Å². The number of hydrogen-bond acceptors (Lipinski definition) is 5. The summed E-state index contributed by atoms with van der Waals surface area (Å²) in [6.07, 6.45) is 0.440. The quantitative estimate of drug-likeness (QED) is 0.784. The first-order valence-corrected chi connectivity index (χ1v) is 9.51. The molecule has 2 amide bonds. The molecule has 1 fully saturated rings. The Hall–Kier alpha value is -2.09. The van der Waals surface area contributed by atoms with E-state index in [2.05, 4.69) is 5.32 Å². The third-order valence-corrected chi connectivity index (χ3v) is 5.73. The molecule has 0 spiro atoms. The molecule has 2 rings (SSSR count). The molecule has 24 heavy (non-hydrogen) atoms. The Labute approximate surface area is 141 Å². The van der Waals surface area contributed by atoms with Crippen LogP contribution < -0.4 is 10.1 Å². The Morgan fingerprint density at radius 2 is 1.96 bits per heavy atom. The third kappa shape index (κ3) is 5.23. The van der Waals surface area contributed by atoms with Crippen molar-refractivity contribution in [2.24, 2.45) is 0 Å². The second-order valence-electron chi connectivity index (χ2n) is 5.94. The van der Waals surface area contributed by atoms with Gasteiger partial charge < -0.3 is 15.0 Å². The first-order valence-electron chi connectivity index (χ1n) is 7.69. The molecule has 0 aliphatic carbocycles. The van der Waals surface area contributed by atoms with Gasteiger partial charge in [-0.25, -0.2) is 8.42 Å². The van der Waals surface area contributed by atoms with Crippen LogP contribution in [0.3, 0.4) is 0 Å². The molecule has 1 aromatic carbocycles. The predicted octanol–water partition coefficient (Wildman–Crippen LogP) is 0.136. The highest BCUT2D eigenvalue weighted by Gasteiger charge is 2.32. The van der Waals surface area contributed by atoms with Crippen molar-refractivity contribution in [2.75, 3.05) is 31.7 Å². The summed E-state index contributed by atoms with van der Waals surface area (Å²) in [7, 11) is -1.49. The van der Waals surface area contributed by atoms with E-state index >= 15 is 0 Å². The minimum absolute atomic E-state index is 0.0142. The van der Waals surface area contributed by atoms with Gasteiger partial charge in [-0.3, -0.25) is 9.59 Å². The van der Waals surface area contributed by atoms with E-state index in [4.69, 9.17) is 4.74 Å². The SMILES string of the molecule is Cc1ccc(OCC(=O)NCC(=O)N(C)C2CCS(=O)(=O)C2)cc1. The topological polar surface area (TPSA) is 92.8 Å². The van der Waals surface area contributed by atoms with Crippen LogP contribution in [-0.4, -0.2) is 62.9 Å². The van der Waals surface area contributed by atoms with E-state index in [0.29, 0.717) is 12.2 Å². The van der Waals surface area contributed by atoms with E-state index in [-0.39, 0.29) is 36.6 Å². The molecule has 0 bridgehead atoms. The van der Waals surface area contributed by atoms with Gasteiger partial charge in [-0.1, -0.05) is 17.7 Å². The van der Waals surface area contributed by atoms with Gasteiger partial charge in [0.25, 0.3) is 5.91 Å². The van der Waals surface area contributed by atoms with Crippen molar-refractivity contribution >= 4 is 21.7 Å². The van der Waals surface area contributed by atoms with Crippen LogP contribution in [0.15, 0.2) is 24.3 Å². The van der Waals surface area contributed by atoms with Gasteiger partial charge in [0.1, 0.15) is 5.75 Å². The second kappa shape index (κ2) is 7.65. The van der Waals surface area contributed by atoms with E-state index in [0.717, 1.165) is 5.56 Å². The maximum Gasteiger partial charge on any atom is 0.258 e. The average molecular weight is 354 g/mol. The fourth-order valence-electron chi connectivity index (χ4n) is 2.42. The normalized spacial score (nSPS) is 18.8. The summed E-state index contributed by atoms with van der Waals surface area (Å²) < 4.78 is 28.2. The van der Waals surface area contributed by atoms with Crippen molar-refractivity contribution in [3.8, 4) is 5.75 Å². The third-order valence-electron chi connectivity index (χ3n) is 3.98. The molecule has 1 aromatic rings. The number of nitrogens with zero attached hydrogens (tertiary/aromatic N) is 1. The number of carbonyl (C=O) groups excluding carboxylic acids is 2. The molecule has 1 heterocycles. The summed E-state index contributed by atoms with van der Waals surface area (Å²) in [5, 5.41) is 2.48. The largest absolute Gasteiger partial charge is 0.484 e. The van der Waals surface area contributed by atoms with Crippen LogP contribution in [-0.2, 0) is 19.4 Å². The Bertz CT molecular complexity index is 700. The van der Waals surface area contributed by atoms with Gasteiger partial charge in [-0.15, -0.1) is 0 Å². The maximum atomic E-state index is 12.0. The lowest BCUT2D eigenvalue weighted by molar-refractivity contribution is -0.133. The predicted molar refractivity (Wildman–Crippen MR) is 89.5 cm³/mol. The van der Waals surface area contributed by atoms with Gasteiger partial charge in [0, 0.05) is 13.1 Å². The minimum Gasteiger partial charge on any atom is -0.484 e. The van der Waals surface area contributed by atoms with E-state index in [9.17, 15) is 18.0 Å². The van der Waals surface area contributed by atoms with E-state index in [1.54, 1.807) is 19.2 Å². The van der Waals surface area contributed by atoms with Crippen LogP contribution in [0.1, 0.15) is 12.0 Å². The van der Waals surface area contributed by atoms with Gasteiger partial charge in [0.05, 0.1) is 18.1 Å². The zero-order chi connectivity index (χ0) is 17.7. The summed E-state index contributed by atoms with van der Waals surface area (Å²) in [6.45, 7) is 1.59.